The summed E-state index contributed by atoms with van der Waals surface area (Å²) >= 11 is 1.75. The van der Waals surface area contributed by atoms with E-state index >= 15 is 0 Å². The average molecular weight is 643 g/mol. The number of nitrogens with zero attached hydrogens (tertiary/aromatic N) is 3. The monoisotopic (exact) mass is 642 g/mol. The summed E-state index contributed by atoms with van der Waals surface area (Å²) in [6.07, 6.45) is 5.90. The minimum Gasteiger partial charge on any atom is -0.493 e. The summed E-state index contributed by atoms with van der Waals surface area (Å²) in [5, 5.41) is 0.430. The van der Waals surface area contributed by atoms with Crippen LogP contribution in [-0.4, -0.2) is 85.2 Å². The summed E-state index contributed by atoms with van der Waals surface area (Å²) in [5.41, 5.74) is 0.586. The van der Waals surface area contributed by atoms with E-state index in [1.165, 1.54) is 25.3 Å². The van der Waals surface area contributed by atoms with Crippen molar-refractivity contribution in [1.82, 2.24) is 14.9 Å². The van der Waals surface area contributed by atoms with Crippen molar-refractivity contribution in [3.63, 3.8) is 0 Å². The van der Waals surface area contributed by atoms with E-state index in [0.717, 1.165) is 83.6 Å². The second-order valence-electron chi connectivity index (χ2n) is 12.1. The number of H-pyrrole nitrogens is 1. The lowest BCUT2D eigenvalue weighted by atomic mass is 9.94. The number of ether oxygens (including phenoxy) is 3. The predicted molar refractivity (Wildman–Crippen MR) is 170 cm³/mol. The number of esters is 1. The minimum absolute atomic E-state index is 0.0372. The molecule has 4 heterocycles. The Labute approximate surface area is 265 Å². The van der Waals surface area contributed by atoms with Crippen molar-refractivity contribution in [2.24, 2.45) is 5.92 Å². The Kier molecular flexibility index (Phi) is 10.2. The molecule has 1 aromatic heterocycles. The number of likely N-dealkylation sites (tertiary alicyclic amines) is 1. The molecule has 1 N–H and O–H groups in total. The number of carbonyl (C=O) groups is 1. The zero-order valence-corrected chi connectivity index (χ0v) is 26.4. The quantitative estimate of drug-likeness (QED) is 0.318. The predicted octanol–water partition coefficient (Wildman–Crippen LogP) is 5.16. The van der Waals surface area contributed by atoms with Crippen molar-refractivity contribution in [1.29, 1.82) is 0 Å². The molecule has 0 amide bonds. The van der Waals surface area contributed by atoms with E-state index in [2.05, 4.69) is 24.5 Å². The lowest BCUT2D eigenvalue weighted by Gasteiger charge is -2.42. The van der Waals surface area contributed by atoms with Crippen LogP contribution in [0, 0.1) is 17.6 Å². The van der Waals surface area contributed by atoms with Crippen LogP contribution in [-0.2, 0) is 15.2 Å². The van der Waals surface area contributed by atoms with Gasteiger partial charge in [0.15, 0.2) is 0 Å². The molecule has 45 heavy (non-hydrogen) atoms. The Hall–Kier alpha value is -3.22. The number of benzene rings is 2. The fraction of sp³-hybridized carbons (Fsp3) is 0.545. The Morgan fingerprint density at radius 2 is 1.78 bits per heavy atom. The van der Waals surface area contributed by atoms with Gasteiger partial charge in [-0.1, -0.05) is 0 Å². The smallest absolute Gasteiger partial charge is 0.340 e. The van der Waals surface area contributed by atoms with E-state index in [1.54, 1.807) is 23.9 Å². The largest absolute Gasteiger partial charge is 0.493 e. The van der Waals surface area contributed by atoms with Gasteiger partial charge in [0.05, 0.1) is 30.5 Å². The average Bonchev–Trinajstić information content (AvgIpc) is 3.06. The number of hydrogen-bond donors (Lipinski definition) is 1. The first-order valence-corrected chi connectivity index (χ1v) is 16.8. The van der Waals surface area contributed by atoms with Gasteiger partial charge in [-0.15, -0.1) is 0 Å². The maximum atomic E-state index is 15.0. The first-order valence-electron chi connectivity index (χ1n) is 15.8. The van der Waals surface area contributed by atoms with Gasteiger partial charge in [0, 0.05) is 55.4 Å². The van der Waals surface area contributed by atoms with Crippen molar-refractivity contribution in [3.8, 4) is 5.75 Å². The molecule has 0 atom stereocenters. The summed E-state index contributed by atoms with van der Waals surface area (Å²) in [4.78, 5) is 36.4. The van der Waals surface area contributed by atoms with Crippen LogP contribution in [0.5, 0.6) is 5.75 Å². The van der Waals surface area contributed by atoms with Gasteiger partial charge >= 0.3 is 5.97 Å². The van der Waals surface area contributed by atoms with Crippen LogP contribution in [0.3, 0.4) is 0 Å². The van der Waals surface area contributed by atoms with Gasteiger partial charge in [-0.3, -0.25) is 4.79 Å². The van der Waals surface area contributed by atoms with Crippen molar-refractivity contribution in [2.75, 3.05) is 58.0 Å². The third-order valence-electron chi connectivity index (χ3n) is 9.25. The number of aromatic amines is 1. The Morgan fingerprint density at radius 1 is 1.02 bits per heavy atom. The molecule has 0 unspecified atom stereocenters. The molecule has 3 fully saturated rings. The highest BCUT2D eigenvalue weighted by molar-refractivity contribution is 7.99. The van der Waals surface area contributed by atoms with E-state index < -0.39 is 23.2 Å². The van der Waals surface area contributed by atoms with Gasteiger partial charge in [-0.2, -0.15) is 11.8 Å². The number of aromatic nitrogens is 2. The number of carbonyl (C=O) groups excluding carboxylic acids is 1. The summed E-state index contributed by atoms with van der Waals surface area (Å²) in [5.74, 6) is -0.00264. The lowest BCUT2D eigenvalue weighted by molar-refractivity contribution is 0.0595. The van der Waals surface area contributed by atoms with Gasteiger partial charge in [-0.05, 0) is 75.7 Å². The first kappa shape index (κ1) is 31.7. The fourth-order valence-corrected chi connectivity index (χ4v) is 7.66. The molecule has 0 aliphatic carbocycles. The van der Waals surface area contributed by atoms with Crippen LogP contribution < -0.4 is 15.2 Å². The van der Waals surface area contributed by atoms with E-state index in [9.17, 15) is 18.4 Å². The highest BCUT2D eigenvalue weighted by Crippen LogP contribution is 2.29. The standard InChI is InChI=1S/C33H40F2N4O5S/c1-42-33(41)26-3-2-23(16-27(26)34)39-12-6-22(7-13-39)38-10-4-21(5-11-38)19-44-24-17-28(35)31-29(18-24)36-30(37-32(31)40)20-45-25-8-14-43-15-9-25/h2-3,16-18,21-22,25H,4-15,19-20H2,1H3,(H,36,37,40). The van der Waals surface area contributed by atoms with Gasteiger partial charge < -0.3 is 29.0 Å². The number of nitrogens with one attached hydrogen (secondary N) is 1. The van der Waals surface area contributed by atoms with Gasteiger partial charge in [0.25, 0.3) is 5.56 Å². The number of hydrogen-bond acceptors (Lipinski definition) is 9. The molecule has 6 rings (SSSR count). The topological polar surface area (TPSA) is 97.0 Å². The van der Waals surface area contributed by atoms with Crippen molar-refractivity contribution in [2.45, 2.75) is 55.6 Å². The number of thioether (sulfide) groups is 1. The van der Waals surface area contributed by atoms with Gasteiger partial charge in [-0.25, -0.2) is 18.6 Å². The molecule has 3 saturated heterocycles. The van der Waals surface area contributed by atoms with Crippen LogP contribution in [0.1, 0.15) is 54.7 Å². The maximum absolute atomic E-state index is 15.0. The number of anilines is 1. The Morgan fingerprint density at radius 3 is 2.49 bits per heavy atom. The third-order valence-corrected chi connectivity index (χ3v) is 10.6. The molecular weight excluding hydrogens is 602 g/mol. The first-order chi connectivity index (χ1) is 21.9. The zero-order chi connectivity index (χ0) is 31.3. The molecule has 242 valence electrons. The number of halogens is 2. The Bertz CT molecular complexity index is 1550. The molecule has 9 nitrogen and oxygen atoms in total. The molecule has 3 aromatic rings. The van der Waals surface area contributed by atoms with Crippen LogP contribution in [0.2, 0.25) is 0 Å². The maximum Gasteiger partial charge on any atom is 0.340 e. The normalized spacial score (nSPS) is 19.2. The third kappa shape index (κ3) is 7.61. The van der Waals surface area contributed by atoms with E-state index in [4.69, 9.17) is 9.47 Å². The molecular formula is C33H40F2N4O5S. The molecule has 3 aliphatic rings. The number of piperidine rings is 2. The molecule has 3 aliphatic heterocycles. The highest BCUT2D eigenvalue weighted by Gasteiger charge is 2.29. The van der Waals surface area contributed by atoms with Crippen LogP contribution in [0.15, 0.2) is 35.1 Å². The zero-order valence-electron chi connectivity index (χ0n) is 25.6. The number of fused-ring (bicyclic) bond motifs is 1. The summed E-state index contributed by atoms with van der Waals surface area (Å²) in [6, 6.07) is 8.12. The van der Waals surface area contributed by atoms with Gasteiger partial charge in [0.1, 0.15) is 28.6 Å². The van der Waals surface area contributed by atoms with Gasteiger partial charge in [0.2, 0.25) is 0 Å². The second-order valence-corrected chi connectivity index (χ2v) is 13.4. The summed E-state index contributed by atoms with van der Waals surface area (Å²) < 4.78 is 45.5. The van der Waals surface area contributed by atoms with Crippen LogP contribution in [0.4, 0.5) is 14.5 Å². The van der Waals surface area contributed by atoms with Crippen molar-refractivity contribution >= 4 is 34.3 Å². The summed E-state index contributed by atoms with van der Waals surface area (Å²) in [6.45, 7) is 5.58. The number of rotatable bonds is 9. The molecule has 0 radical (unpaired) electrons. The van der Waals surface area contributed by atoms with Crippen molar-refractivity contribution < 1.29 is 27.8 Å². The van der Waals surface area contributed by atoms with Crippen molar-refractivity contribution in [3.05, 3.63) is 63.7 Å². The van der Waals surface area contributed by atoms with Crippen LogP contribution in [0.25, 0.3) is 10.9 Å². The lowest BCUT2D eigenvalue weighted by Crippen LogP contribution is -2.48. The van der Waals surface area contributed by atoms with E-state index in [0.29, 0.717) is 46.7 Å². The molecule has 12 heteroatoms. The SMILES string of the molecule is COC(=O)c1ccc(N2CCC(N3CCC(COc4cc(F)c5c(=O)[nH]c(CSC6CCOCC6)nc5c4)CC3)CC2)cc1F. The highest BCUT2D eigenvalue weighted by atomic mass is 32.2. The molecule has 0 saturated carbocycles. The molecule has 2 aromatic carbocycles. The fourth-order valence-electron chi connectivity index (χ4n) is 6.60. The second kappa shape index (κ2) is 14.5. The number of methoxy groups -OCH3 is 1. The van der Waals surface area contributed by atoms with E-state index in [1.807, 2.05) is 0 Å². The minimum atomic E-state index is -0.672. The summed E-state index contributed by atoms with van der Waals surface area (Å²) in [7, 11) is 1.24. The van der Waals surface area contributed by atoms with E-state index in [-0.39, 0.29) is 10.9 Å². The van der Waals surface area contributed by atoms with Crippen LogP contribution >= 0.6 is 11.8 Å². The Balaban J connectivity index is 0.981. The molecule has 0 bridgehead atoms. The molecule has 0 spiro atoms.